The summed E-state index contributed by atoms with van der Waals surface area (Å²) in [4.78, 5) is 13.3. The predicted octanol–water partition coefficient (Wildman–Crippen LogP) is 4.07. The number of aromatic nitrogens is 2. The molecule has 3 rings (SSSR count). The van der Waals surface area contributed by atoms with Gasteiger partial charge in [-0.3, -0.25) is 4.68 Å². The number of rotatable bonds is 6. The monoisotopic (exact) mass is 318 g/mol. The van der Waals surface area contributed by atoms with Crippen LogP contribution in [0.3, 0.4) is 0 Å². The number of carboxylic acid groups (broad SMARTS) is 1. The Morgan fingerprint density at radius 1 is 1.36 bits per heavy atom. The van der Waals surface area contributed by atoms with Gasteiger partial charge in [0, 0.05) is 23.7 Å². The van der Waals surface area contributed by atoms with Gasteiger partial charge in [0.15, 0.2) is 0 Å². The van der Waals surface area contributed by atoms with Gasteiger partial charge in [-0.15, -0.1) is 11.3 Å². The summed E-state index contributed by atoms with van der Waals surface area (Å²) in [5.41, 5.74) is 4.40. The summed E-state index contributed by atoms with van der Waals surface area (Å²) >= 11 is 1.47. The van der Waals surface area contributed by atoms with E-state index < -0.39 is 5.97 Å². The van der Waals surface area contributed by atoms with E-state index in [1.807, 2.05) is 11.7 Å². The minimum absolute atomic E-state index is 0.525. The third-order valence-electron chi connectivity index (χ3n) is 4.32. The number of fused-ring (bicyclic) bond motifs is 3. The molecule has 1 aliphatic carbocycles. The van der Waals surface area contributed by atoms with Crippen molar-refractivity contribution in [3.63, 3.8) is 0 Å². The molecule has 1 aliphatic rings. The van der Waals surface area contributed by atoms with E-state index in [4.69, 9.17) is 0 Å². The number of nitrogens with zero attached hydrogens (tertiary/aromatic N) is 2. The van der Waals surface area contributed by atoms with E-state index in [2.05, 4.69) is 18.2 Å². The topological polar surface area (TPSA) is 55.1 Å². The maximum atomic E-state index is 11.6. The average molecular weight is 318 g/mol. The van der Waals surface area contributed by atoms with Gasteiger partial charge in [0.05, 0.1) is 5.69 Å². The largest absolute Gasteiger partial charge is 0.477 e. The second-order valence-corrected chi connectivity index (χ2v) is 7.11. The van der Waals surface area contributed by atoms with Crippen molar-refractivity contribution >= 4 is 17.3 Å². The minimum Gasteiger partial charge on any atom is -0.477 e. The third-order valence-corrected chi connectivity index (χ3v) is 5.60. The van der Waals surface area contributed by atoms with Crippen molar-refractivity contribution < 1.29 is 9.90 Å². The van der Waals surface area contributed by atoms with E-state index >= 15 is 0 Å². The zero-order chi connectivity index (χ0) is 15.7. The molecule has 1 N–H and O–H groups in total. The van der Waals surface area contributed by atoms with Gasteiger partial charge >= 0.3 is 5.97 Å². The summed E-state index contributed by atoms with van der Waals surface area (Å²) in [6, 6.07) is 0. The fourth-order valence-electron chi connectivity index (χ4n) is 3.28. The molecule has 118 valence electrons. The van der Waals surface area contributed by atoms with Crippen LogP contribution in [0.25, 0.3) is 11.3 Å². The van der Waals surface area contributed by atoms with E-state index in [0.717, 1.165) is 42.5 Å². The molecule has 2 heterocycles. The molecular weight excluding hydrogens is 296 g/mol. The summed E-state index contributed by atoms with van der Waals surface area (Å²) in [6.45, 7) is 2.20. The Morgan fingerprint density at radius 3 is 2.91 bits per heavy atom. The molecule has 0 aliphatic heterocycles. The lowest BCUT2D eigenvalue weighted by Crippen LogP contribution is -2.06. The average Bonchev–Trinajstić information content (AvgIpc) is 3.03. The smallest absolute Gasteiger partial charge is 0.346 e. The van der Waals surface area contributed by atoms with E-state index in [1.165, 1.54) is 41.0 Å². The number of hydrogen-bond donors (Lipinski definition) is 1. The number of carboxylic acids is 1. The highest BCUT2D eigenvalue weighted by molar-refractivity contribution is 7.14. The molecular formula is C17H22N2O2S. The number of aromatic carboxylic acids is 1. The highest BCUT2D eigenvalue weighted by atomic mass is 32.1. The van der Waals surface area contributed by atoms with Gasteiger partial charge < -0.3 is 5.11 Å². The van der Waals surface area contributed by atoms with Gasteiger partial charge in [0.1, 0.15) is 4.88 Å². The SMILES string of the molecule is CCCCCCc1sc(C(=O)O)c2c1-c1nn(C)cc1CC2. The molecule has 0 spiro atoms. The zero-order valence-electron chi connectivity index (χ0n) is 13.2. The van der Waals surface area contributed by atoms with Crippen LogP contribution in [0, 0.1) is 0 Å². The van der Waals surface area contributed by atoms with Crippen LogP contribution in [-0.2, 0) is 26.3 Å². The molecule has 0 saturated heterocycles. The normalized spacial score (nSPS) is 13.0. The predicted molar refractivity (Wildman–Crippen MR) is 88.7 cm³/mol. The van der Waals surface area contributed by atoms with Crippen LogP contribution in [-0.4, -0.2) is 20.9 Å². The van der Waals surface area contributed by atoms with Crippen LogP contribution in [0.5, 0.6) is 0 Å². The summed E-state index contributed by atoms with van der Waals surface area (Å²) in [5, 5.41) is 14.1. The summed E-state index contributed by atoms with van der Waals surface area (Å²) in [5.74, 6) is -0.791. The molecule has 22 heavy (non-hydrogen) atoms. The Hall–Kier alpha value is -1.62. The van der Waals surface area contributed by atoms with Crippen molar-refractivity contribution in [1.82, 2.24) is 9.78 Å². The summed E-state index contributed by atoms with van der Waals surface area (Å²) < 4.78 is 1.85. The second-order valence-electron chi connectivity index (χ2n) is 6.00. The van der Waals surface area contributed by atoms with Crippen LogP contribution >= 0.6 is 11.3 Å². The van der Waals surface area contributed by atoms with Crippen molar-refractivity contribution in [2.45, 2.75) is 51.9 Å². The quantitative estimate of drug-likeness (QED) is 0.817. The molecule has 0 radical (unpaired) electrons. The van der Waals surface area contributed by atoms with E-state index in [-0.39, 0.29) is 0 Å². The lowest BCUT2D eigenvalue weighted by Gasteiger charge is -2.13. The highest BCUT2D eigenvalue weighted by Gasteiger charge is 2.29. The first kappa shape index (κ1) is 15.3. The fraction of sp³-hybridized carbons (Fsp3) is 0.529. The Morgan fingerprint density at radius 2 is 2.18 bits per heavy atom. The van der Waals surface area contributed by atoms with E-state index in [1.54, 1.807) is 0 Å². The number of hydrogen-bond acceptors (Lipinski definition) is 3. The minimum atomic E-state index is -0.791. The van der Waals surface area contributed by atoms with Crippen molar-refractivity contribution in [1.29, 1.82) is 0 Å². The number of carbonyl (C=O) groups is 1. The third kappa shape index (κ3) is 2.70. The van der Waals surface area contributed by atoms with Crippen molar-refractivity contribution in [2.75, 3.05) is 0 Å². The zero-order valence-corrected chi connectivity index (χ0v) is 14.0. The lowest BCUT2D eigenvalue weighted by molar-refractivity contribution is 0.0701. The molecule has 0 fully saturated rings. The first-order chi connectivity index (χ1) is 10.6. The summed E-state index contributed by atoms with van der Waals surface area (Å²) in [7, 11) is 1.93. The van der Waals surface area contributed by atoms with Gasteiger partial charge in [-0.1, -0.05) is 26.2 Å². The molecule has 4 nitrogen and oxygen atoms in total. The van der Waals surface area contributed by atoms with Gasteiger partial charge in [-0.25, -0.2) is 4.79 Å². The Bertz CT molecular complexity index is 700. The maximum absolute atomic E-state index is 11.6. The van der Waals surface area contributed by atoms with Gasteiger partial charge in [0.25, 0.3) is 0 Å². The Labute approximate surface area is 134 Å². The van der Waals surface area contributed by atoms with Crippen LogP contribution in [0.1, 0.15) is 58.3 Å². The lowest BCUT2D eigenvalue weighted by atomic mass is 9.90. The Kier molecular flexibility index (Phi) is 4.34. The van der Waals surface area contributed by atoms with Crippen LogP contribution < -0.4 is 0 Å². The molecule has 2 aromatic rings. The second kappa shape index (κ2) is 6.24. The first-order valence-electron chi connectivity index (χ1n) is 8.02. The molecule has 0 saturated carbocycles. The first-order valence-corrected chi connectivity index (χ1v) is 8.84. The number of aryl methyl sites for hydroxylation is 3. The molecule has 0 amide bonds. The fourth-order valence-corrected chi connectivity index (χ4v) is 4.51. The molecule has 0 aromatic carbocycles. The van der Waals surface area contributed by atoms with Crippen LogP contribution in [0.2, 0.25) is 0 Å². The molecule has 0 atom stereocenters. The molecule has 5 heteroatoms. The van der Waals surface area contributed by atoms with Gasteiger partial charge in [-0.05, 0) is 36.8 Å². The van der Waals surface area contributed by atoms with E-state index in [0.29, 0.717) is 4.88 Å². The number of thiophene rings is 1. The van der Waals surface area contributed by atoms with Crippen molar-refractivity contribution in [3.8, 4) is 11.3 Å². The van der Waals surface area contributed by atoms with Crippen molar-refractivity contribution in [3.05, 3.63) is 27.1 Å². The molecule has 2 aromatic heterocycles. The van der Waals surface area contributed by atoms with Crippen LogP contribution in [0.4, 0.5) is 0 Å². The van der Waals surface area contributed by atoms with Crippen LogP contribution in [0.15, 0.2) is 6.20 Å². The summed E-state index contributed by atoms with van der Waals surface area (Å²) in [6.07, 6.45) is 9.54. The van der Waals surface area contributed by atoms with E-state index in [9.17, 15) is 9.90 Å². The highest BCUT2D eigenvalue weighted by Crippen LogP contribution is 2.42. The van der Waals surface area contributed by atoms with Gasteiger partial charge in [-0.2, -0.15) is 5.10 Å². The molecule has 0 unspecified atom stereocenters. The standard InChI is InChI=1S/C17H22N2O2S/c1-3-4-5-6-7-13-14-12(16(22-13)17(20)21)9-8-11-10-19(2)18-15(11)14/h10H,3-9H2,1-2H3,(H,20,21). The van der Waals surface area contributed by atoms with Gasteiger partial charge in [0.2, 0.25) is 0 Å². The Balaban J connectivity index is 1.99. The van der Waals surface area contributed by atoms with Crippen molar-refractivity contribution in [2.24, 2.45) is 7.05 Å². The maximum Gasteiger partial charge on any atom is 0.346 e. The number of unbranched alkanes of at least 4 members (excludes halogenated alkanes) is 3. The molecule has 0 bridgehead atoms.